The number of para-hydroxylation sites is 1. The van der Waals surface area contributed by atoms with Gasteiger partial charge in [0.05, 0.1) is 11.0 Å². The molecule has 0 aliphatic heterocycles. The minimum absolute atomic E-state index is 1.08. The highest BCUT2D eigenvalue weighted by atomic mass is 32.1. The zero-order valence-electron chi connectivity index (χ0n) is 41.0. The van der Waals surface area contributed by atoms with Gasteiger partial charge in [0.2, 0.25) is 0 Å². The van der Waals surface area contributed by atoms with E-state index in [0.29, 0.717) is 0 Å². The first-order valence-electron chi connectivity index (χ1n) is 25.6. The van der Waals surface area contributed by atoms with Gasteiger partial charge in [-0.1, -0.05) is 218 Å². The Bertz CT molecular complexity index is 4230. The van der Waals surface area contributed by atoms with E-state index in [9.17, 15) is 0 Å². The van der Waals surface area contributed by atoms with Crippen molar-refractivity contribution in [2.45, 2.75) is 0 Å². The molecule has 14 aromatic rings. The summed E-state index contributed by atoms with van der Waals surface area (Å²) in [6.45, 7) is 0. The molecule has 2 aromatic heterocycles. The molecule has 0 atom stereocenters. The molecule has 352 valence electrons. The first kappa shape index (κ1) is 44.2. The van der Waals surface area contributed by atoms with Crippen LogP contribution in [0.2, 0.25) is 0 Å². The number of benzene rings is 12. The summed E-state index contributed by atoms with van der Waals surface area (Å²) < 4.78 is 5.06. The number of thiophene rings is 1. The average Bonchev–Trinajstić information content (AvgIpc) is 4.05. The van der Waals surface area contributed by atoms with Crippen molar-refractivity contribution >= 4 is 70.4 Å². The van der Waals surface area contributed by atoms with Gasteiger partial charge in [0, 0.05) is 53.7 Å². The number of hydrogen-bond donors (Lipinski definition) is 0. The van der Waals surface area contributed by atoms with Gasteiger partial charge >= 0.3 is 0 Å². The summed E-state index contributed by atoms with van der Waals surface area (Å²) in [5, 5.41) is 5.13. The van der Waals surface area contributed by atoms with Gasteiger partial charge in [0.1, 0.15) is 0 Å². The molecule has 0 aliphatic rings. The Hall–Kier alpha value is -9.54. The number of anilines is 3. The normalized spacial score (nSPS) is 11.5. The molecule has 2 heterocycles. The molecule has 2 nitrogen and oxygen atoms in total. The molecule has 12 aromatic carbocycles. The van der Waals surface area contributed by atoms with Crippen LogP contribution in [0.5, 0.6) is 0 Å². The minimum atomic E-state index is 1.08. The van der Waals surface area contributed by atoms with E-state index in [1.165, 1.54) is 103 Å². The first-order chi connectivity index (χ1) is 37.2. The van der Waals surface area contributed by atoms with Gasteiger partial charge in [-0.2, -0.15) is 0 Å². The molecule has 0 amide bonds. The summed E-state index contributed by atoms with van der Waals surface area (Å²) in [5.41, 5.74) is 21.1. The Morgan fingerprint density at radius 1 is 0.253 bits per heavy atom. The number of nitrogens with zero attached hydrogens (tertiary/aromatic N) is 2. The summed E-state index contributed by atoms with van der Waals surface area (Å²) in [6, 6.07) is 106. The average molecular weight is 973 g/mol. The molecule has 0 unspecified atom stereocenters. The zero-order valence-corrected chi connectivity index (χ0v) is 41.8. The summed E-state index contributed by atoms with van der Waals surface area (Å²) >= 11 is 1.87. The van der Waals surface area contributed by atoms with E-state index < -0.39 is 0 Å². The van der Waals surface area contributed by atoms with Crippen LogP contribution in [0.1, 0.15) is 0 Å². The zero-order chi connectivity index (χ0) is 49.7. The number of rotatable bonds is 10. The second-order valence-electron chi connectivity index (χ2n) is 19.3. The van der Waals surface area contributed by atoms with Gasteiger partial charge in [0.15, 0.2) is 0 Å². The van der Waals surface area contributed by atoms with Gasteiger partial charge in [0.25, 0.3) is 0 Å². The predicted molar refractivity (Wildman–Crippen MR) is 321 cm³/mol. The Morgan fingerprint density at radius 3 is 1.31 bits per heavy atom. The van der Waals surface area contributed by atoms with Gasteiger partial charge in [-0.05, 0) is 140 Å². The number of hydrogen-bond acceptors (Lipinski definition) is 2. The molecule has 3 heteroatoms. The Labute approximate surface area is 440 Å². The monoisotopic (exact) mass is 972 g/mol. The highest BCUT2D eigenvalue weighted by Crippen LogP contribution is 2.43. The second-order valence-corrected chi connectivity index (χ2v) is 20.4. The maximum absolute atomic E-state index is 2.45. The number of fused-ring (bicyclic) bond motifs is 6. The van der Waals surface area contributed by atoms with Gasteiger partial charge in [-0.25, -0.2) is 0 Å². The van der Waals surface area contributed by atoms with Crippen molar-refractivity contribution in [2.75, 3.05) is 4.90 Å². The van der Waals surface area contributed by atoms with Crippen molar-refractivity contribution < 1.29 is 0 Å². The molecule has 75 heavy (non-hydrogen) atoms. The van der Waals surface area contributed by atoms with Crippen LogP contribution in [0.25, 0.3) is 114 Å². The van der Waals surface area contributed by atoms with Gasteiger partial charge in [-0.3, -0.25) is 0 Å². The maximum Gasteiger partial charge on any atom is 0.0547 e. The quantitative estimate of drug-likeness (QED) is 0.133. The number of aromatic nitrogens is 1. The van der Waals surface area contributed by atoms with E-state index in [-0.39, 0.29) is 0 Å². The van der Waals surface area contributed by atoms with Crippen molar-refractivity contribution in [3.05, 3.63) is 291 Å². The fourth-order valence-electron chi connectivity index (χ4n) is 11.1. The molecule has 14 rings (SSSR count). The van der Waals surface area contributed by atoms with Crippen LogP contribution in [-0.4, -0.2) is 4.57 Å². The summed E-state index contributed by atoms with van der Waals surface area (Å²) in [5.74, 6) is 0. The van der Waals surface area contributed by atoms with Crippen LogP contribution in [0.15, 0.2) is 291 Å². The Morgan fingerprint density at radius 2 is 0.693 bits per heavy atom. The third-order valence-corrected chi connectivity index (χ3v) is 16.0. The van der Waals surface area contributed by atoms with Crippen molar-refractivity contribution in [1.29, 1.82) is 0 Å². The maximum atomic E-state index is 2.45. The standard InChI is InChI=1S/C72H48N2S/c1-3-14-49(15-4-1)51-28-32-53(33-29-51)55-36-40-60(41-37-55)73(61-42-38-56(39-43-61)54-34-30-52(31-35-54)50-16-5-2-6-17-50)62-21-12-19-58(47-62)57-18-11-20-59(46-57)64-24-13-26-69-72(64)67-23-7-9-25-68(67)74(69)63-44-45-66-65-22-8-10-27-70(65)75-71(66)48-63/h1-48H. The van der Waals surface area contributed by atoms with Crippen molar-refractivity contribution in [1.82, 2.24) is 4.57 Å². The smallest absolute Gasteiger partial charge is 0.0547 e. The molecule has 0 fully saturated rings. The molecule has 0 N–H and O–H groups in total. The third-order valence-electron chi connectivity index (χ3n) is 14.8. The lowest BCUT2D eigenvalue weighted by molar-refractivity contribution is 1.19. The molecule has 0 spiro atoms. The predicted octanol–water partition coefficient (Wildman–Crippen LogP) is 20.6. The first-order valence-corrected chi connectivity index (χ1v) is 26.5. The molecule has 0 aliphatic carbocycles. The molecule has 0 bridgehead atoms. The third kappa shape index (κ3) is 8.17. The van der Waals surface area contributed by atoms with Crippen LogP contribution in [-0.2, 0) is 0 Å². The van der Waals surface area contributed by atoms with E-state index >= 15 is 0 Å². The molecular weight excluding hydrogens is 925 g/mol. The van der Waals surface area contributed by atoms with Gasteiger partial charge in [-0.15, -0.1) is 11.3 Å². The van der Waals surface area contributed by atoms with Crippen LogP contribution in [0, 0.1) is 0 Å². The second kappa shape index (κ2) is 18.8. The van der Waals surface area contributed by atoms with Crippen molar-refractivity contribution in [3.8, 4) is 72.4 Å². The van der Waals surface area contributed by atoms with E-state index in [4.69, 9.17) is 0 Å². The lowest BCUT2D eigenvalue weighted by Crippen LogP contribution is -2.10. The summed E-state index contributed by atoms with van der Waals surface area (Å²) in [6.07, 6.45) is 0. The van der Waals surface area contributed by atoms with Crippen LogP contribution < -0.4 is 4.90 Å². The van der Waals surface area contributed by atoms with Crippen LogP contribution in [0.3, 0.4) is 0 Å². The Balaban J connectivity index is 0.829. The minimum Gasteiger partial charge on any atom is -0.310 e. The highest BCUT2D eigenvalue weighted by Gasteiger charge is 2.19. The lowest BCUT2D eigenvalue weighted by Gasteiger charge is -2.26. The fraction of sp³-hybridized carbons (Fsp3) is 0. The van der Waals surface area contributed by atoms with E-state index in [1.807, 2.05) is 11.3 Å². The van der Waals surface area contributed by atoms with Crippen LogP contribution in [0.4, 0.5) is 17.1 Å². The SMILES string of the molecule is c1ccc(-c2ccc(-c3ccc(N(c4ccc(-c5ccc(-c6ccccc6)cc5)cc4)c4cccc(-c5cccc(-c6cccc7c6c6ccccc6n7-c6ccc7c(c6)sc6ccccc67)c5)c4)cc3)cc2)cc1. The van der Waals surface area contributed by atoms with E-state index in [0.717, 1.165) is 28.2 Å². The fourth-order valence-corrected chi connectivity index (χ4v) is 12.2. The molecular formula is C72H48N2S. The summed E-state index contributed by atoms with van der Waals surface area (Å²) in [7, 11) is 0. The van der Waals surface area contributed by atoms with E-state index in [1.54, 1.807) is 0 Å². The van der Waals surface area contributed by atoms with Gasteiger partial charge < -0.3 is 9.47 Å². The lowest BCUT2D eigenvalue weighted by atomic mass is 9.95. The highest BCUT2D eigenvalue weighted by molar-refractivity contribution is 7.25. The van der Waals surface area contributed by atoms with Crippen molar-refractivity contribution in [2.24, 2.45) is 0 Å². The molecule has 0 radical (unpaired) electrons. The Kier molecular flexibility index (Phi) is 11.1. The largest absolute Gasteiger partial charge is 0.310 e. The molecule has 0 saturated carbocycles. The topological polar surface area (TPSA) is 8.17 Å². The van der Waals surface area contributed by atoms with E-state index in [2.05, 4.69) is 301 Å². The molecule has 0 saturated heterocycles. The van der Waals surface area contributed by atoms with Crippen molar-refractivity contribution in [3.63, 3.8) is 0 Å². The summed E-state index contributed by atoms with van der Waals surface area (Å²) in [4.78, 5) is 2.38. The van der Waals surface area contributed by atoms with Crippen LogP contribution >= 0.6 is 11.3 Å².